The maximum Gasteiger partial charge on any atom is 0.166 e. The largest absolute Gasteiger partial charge is 0.333 e. The monoisotopic (exact) mass is 263 g/mol. The molecule has 1 aromatic heterocycles. The molecule has 18 heavy (non-hydrogen) atoms. The molecule has 0 saturated carbocycles. The van der Waals surface area contributed by atoms with Gasteiger partial charge in [0.1, 0.15) is 0 Å². The zero-order valence-electron chi connectivity index (χ0n) is 11.3. The van der Waals surface area contributed by atoms with Crippen molar-refractivity contribution in [1.82, 2.24) is 15.3 Å². The SMILES string of the molecule is CCNCC(C)CSc1nc2ccc(C)cc2[nH]1. The summed E-state index contributed by atoms with van der Waals surface area (Å²) in [6, 6.07) is 6.33. The molecule has 4 heteroatoms. The maximum atomic E-state index is 4.59. The fraction of sp³-hybridized carbons (Fsp3) is 0.500. The van der Waals surface area contributed by atoms with Crippen molar-refractivity contribution >= 4 is 22.8 Å². The van der Waals surface area contributed by atoms with Crippen molar-refractivity contribution in [1.29, 1.82) is 0 Å². The number of H-pyrrole nitrogens is 1. The fourth-order valence-electron chi connectivity index (χ4n) is 1.84. The van der Waals surface area contributed by atoms with Crippen LogP contribution in [0.4, 0.5) is 0 Å². The van der Waals surface area contributed by atoms with Gasteiger partial charge in [0.05, 0.1) is 11.0 Å². The number of fused-ring (bicyclic) bond motifs is 1. The minimum absolute atomic E-state index is 0.657. The van der Waals surface area contributed by atoms with Crippen LogP contribution in [0.25, 0.3) is 11.0 Å². The molecule has 1 atom stereocenters. The molecule has 0 bridgehead atoms. The summed E-state index contributed by atoms with van der Waals surface area (Å²) in [7, 11) is 0. The molecule has 0 spiro atoms. The van der Waals surface area contributed by atoms with Gasteiger partial charge in [-0.25, -0.2) is 4.98 Å². The molecule has 0 amide bonds. The molecular formula is C14H21N3S. The van der Waals surface area contributed by atoms with Crippen molar-refractivity contribution in [2.24, 2.45) is 5.92 Å². The lowest BCUT2D eigenvalue weighted by molar-refractivity contribution is 0.573. The van der Waals surface area contributed by atoms with Gasteiger partial charge in [0.2, 0.25) is 0 Å². The molecule has 2 rings (SSSR count). The third-order valence-corrected chi connectivity index (χ3v) is 4.07. The number of nitrogens with zero attached hydrogens (tertiary/aromatic N) is 1. The molecule has 1 heterocycles. The number of aromatic nitrogens is 2. The Morgan fingerprint density at radius 1 is 1.44 bits per heavy atom. The van der Waals surface area contributed by atoms with Gasteiger partial charge in [-0.2, -0.15) is 0 Å². The van der Waals surface area contributed by atoms with E-state index in [0.29, 0.717) is 5.92 Å². The van der Waals surface area contributed by atoms with Gasteiger partial charge in [-0.05, 0) is 43.6 Å². The number of thioether (sulfide) groups is 1. The first-order valence-electron chi connectivity index (χ1n) is 6.49. The number of imidazole rings is 1. The standard InChI is InChI=1S/C14H21N3S/c1-4-15-8-11(3)9-18-14-16-12-6-5-10(2)7-13(12)17-14/h5-7,11,15H,4,8-9H2,1-3H3,(H,16,17). The van der Waals surface area contributed by atoms with Gasteiger partial charge < -0.3 is 10.3 Å². The normalized spacial score (nSPS) is 13.1. The topological polar surface area (TPSA) is 40.7 Å². The van der Waals surface area contributed by atoms with E-state index < -0.39 is 0 Å². The van der Waals surface area contributed by atoms with Gasteiger partial charge in [0.25, 0.3) is 0 Å². The number of nitrogens with one attached hydrogen (secondary N) is 2. The smallest absolute Gasteiger partial charge is 0.166 e. The van der Waals surface area contributed by atoms with Crippen molar-refractivity contribution < 1.29 is 0 Å². The van der Waals surface area contributed by atoms with Crippen molar-refractivity contribution in [2.75, 3.05) is 18.8 Å². The number of hydrogen-bond donors (Lipinski definition) is 2. The Morgan fingerprint density at radius 3 is 3.06 bits per heavy atom. The summed E-state index contributed by atoms with van der Waals surface area (Å²) in [6.07, 6.45) is 0. The van der Waals surface area contributed by atoms with Crippen molar-refractivity contribution in [3.8, 4) is 0 Å². The molecule has 3 nitrogen and oxygen atoms in total. The zero-order valence-corrected chi connectivity index (χ0v) is 12.1. The Balaban J connectivity index is 1.95. The minimum Gasteiger partial charge on any atom is -0.333 e. The van der Waals surface area contributed by atoms with Gasteiger partial charge >= 0.3 is 0 Å². The van der Waals surface area contributed by atoms with Crippen LogP contribution >= 0.6 is 11.8 Å². The predicted octanol–water partition coefficient (Wildman–Crippen LogP) is 3.21. The first kappa shape index (κ1) is 13.4. The summed E-state index contributed by atoms with van der Waals surface area (Å²) >= 11 is 1.80. The van der Waals surface area contributed by atoms with E-state index in [0.717, 1.165) is 35.0 Å². The van der Waals surface area contributed by atoms with E-state index >= 15 is 0 Å². The van der Waals surface area contributed by atoms with Crippen LogP contribution in [0.2, 0.25) is 0 Å². The van der Waals surface area contributed by atoms with Gasteiger partial charge in [-0.3, -0.25) is 0 Å². The number of aromatic amines is 1. The molecular weight excluding hydrogens is 242 g/mol. The van der Waals surface area contributed by atoms with Crippen LogP contribution in [-0.2, 0) is 0 Å². The first-order chi connectivity index (χ1) is 8.69. The molecule has 0 aliphatic carbocycles. The Morgan fingerprint density at radius 2 is 2.28 bits per heavy atom. The minimum atomic E-state index is 0.657. The van der Waals surface area contributed by atoms with Crippen LogP contribution in [0.3, 0.4) is 0 Å². The Kier molecular flexibility index (Phi) is 4.66. The van der Waals surface area contributed by atoms with Crippen LogP contribution in [0.1, 0.15) is 19.4 Å². The molecule has 2 N–H and O–H groups in total. The van der Waals surface area contributed by atoms with Gasteiger partial charge in [-0.15, -0.1) is 0 Å². The lowest BCUT2D eigenvalue weighted by Gasteiger charge is -2.09. The lowest BCUT2D eigenvalue weighted by atomic mass is 10.2. The summed E-state index contributed by atoms with van der Waals surface area (Å²) in [5.41, 5.74) is 3.46. The van der Waals surface area contributed by atoms with E-state index in [4.69, 9.17) is 0 Å². The summed E-state index contributed by atoms with van der Waals surface area (Å²) in [5.74, 6) is 1.75. The zero-order chi connectivity index (χ0) is 13.0. The molecule has 0 aliphatic heterocycles. The Labute approximate surface area is 113 Å². The van der Waals surface area contributed by atoms with Gasteiger partial charge in [-0.1, -0.05) is 31.7 Å². The van der Waals surface area contributed by atoms with Crippen LogP contribution in [0, 0.1) is 12.8 Å². The second kappa shape index (κ2) is 6.25. The molecule has 0 saturated heterocycles. The number of benzene rings is 1. The van der Waals surface area contributed by atoms with Crippen molar-refractivity contribution in [2.45, 2.75) is 25.9 Å². The van der Waals surface area contributed by atoms with E-state index in [-0.39, 0.29) is 0 Å². The molecule has 0 aliphatic rings. The summed E-state index contributed by atoms with van der Waals surface area (Å²) in [5, 5.41) is 4.40. The Bertz CT molecular complexity index is 507. The molecule has 0 radical (unpaired) electrons. The van der Waals surface area contributed by atoms with Crippen LogP contribution in [0.5, 0.6) is 0 Å². The van der Waals surface area contributed by atoms with Gasteiger partial charge in [0.15, 0.2) is 5.16 Å². The highest BCUT2D eigenvalue weighted by Crippen LogP contribution is 2.21. The molecule has 1 aromatic carbocycles. The third-order valence-electron chi connectivity index (χ3n) is 2.86. The molecule has 1 unspecified atom stereocenters. The van der Waals surface area contributed by atoms with Crippen molar-refractivity contribution in [3.63, 3.8) is 0 Å². The van der Waals surface area contributed by atoms with E-state index in [1.54, 1.807) is 11.8 Å². The molecule has 2 aromatic rings. The third kappa shape index (κ3) is 3.50. The summed E-state index contributed by atoms with van der Waals surface area (Å²) in [6.45, 7) is 8.62. The van der Waals surface area contributed by atoms with Crippen LogP contribution in [0.15, 0.2) is 23.4 Å². The average molecular weight is 263 g/mol. The number of aryl methyl sites for hydroxylation is 1. The second-order valence-corrected chi connectivity index (χ2v) is 5.80. The maximum absolute atomic E-state index is 4.59. The van der Waals surface area contributed by atoms with Crippen molar-refractivity contribution in [3.05, 3.63) is 23.8 Å². The lowest BCUT2D eigenvalue weighted by Crippen LogP contribution is -2.21. The fourth-order valence-corrected chi connectivity index (χ4v) is 2.74. The highest BCUT2D eigenvalue weighted by Gasteiger charge is 2.06. The predicted molar refractivity (Wildman–Crippen MR) is 79.3 cm³/mol. The van der Waals surface area contributed by atoms with E-state index in [1.807, 2.05) is 0 Å². The second-order valence-electron chi connectivity index (χ2n) is 4.79. The van der Waals surface area contributed by atoms with Crippen LogP contribution < -0.4 is 5.32 Å². The molecule has 0 fully saturated rings. The van der Waals surface area contributed by atoms with Gasteiger partial charge in [0, 0.05) is 5.75 Å². The average Bonchev–Trinajstić information content (AvgIpc) is 2.75. The van der Waals surface area contributed by atoms with Crippen LogP contribution in [-0.4, -0.2) is 28.8 Å². The van der Waals surface area contributed by atoms with E-state index in [9.17, 15) is 0 Å². The molecule has 98 valence electrons. The summed E-state index contributed by atoms with van der Waals surface area (Å²) in [4.78, 5) is 7.97. The first-order valence-corrected chi connectivity index (χ1v) is 7.47. The highest BCUT2D eigenvalue weighted by atomic mass is 32.2. The quantitative estimate of drug-likeness (QED) is 0.786. The summed E-state index contributed by atoms with van der Waals surface area (Å²) < 4.78 is 0. The van der Waals surface area contributed by atoms with E-state index in [1.165, 1.54) is 5.56 Å². The Hall–Kier alpha value is -1.00. The highest BCUT2D eigenvalue weighted by molar-refractivity contribution is 7.99. The van der Waals surface area contributed by atoms with E-state index in [2.05, 4.69) is 54.3 Å². The number of hydrogen-bond acceptors (Lipinski definition) is 3. The number of rotatable bonds is 6.